The van der Waals surface area contributed by atoms with Crippen LogP contribution < -0.4 is 5.73 Å². The van der Waals surface area contributed by atoms with Crippen molar-refractivity contribution in [3.63, 3.8) is 0 Å². The van der Waals surface area contributed by atoms with Crippen LogP contribution in [0, 0.1) is 0 Å². The molecule has 5 heteroatoms. The van der Waals surface area contributed by atoms with Gasteiger partial charge in [0.2, 0.25) is 0 Å². The summed E-state index contributed by atoms with van der Waals surface area (Å²) in [5.74, 6) is 0.386. The van der Waals surface area contributed by atoms with Crippen molar-refractivity contribution in [1.29, 1.82) is 0 Å². The van der Waals surface area contributed by atoms with Crippen LogP contribution in [0.4, 0.5) is 0 Å². The highest BCUT2D eigenvalue weighted by Crippen LogP contribution is 2.22. The van der Waals surface area contributed by atoms with Crippen LogP contribution in [0.5, 0.6) is 0 Å². The smallest absolute Gasteiger partial charge is 0.154 e. The number of nitrogens with zero attached hydrogens (tertiary/aromatic N) is 1. The molecule has 2 aliphatic heterocycles. The Kier molecular flexibility index (Phi) is 2.81. The molecule has 0 aromatic heterocycles. The lowest BCUT2D eigenvalue weighted by molar-refractivity contribution is 0.329. The molecule has 2 atom stereocenters. The van der Waals surface area contributed by atoms with Crippen LogP contribution in [0.15, 0.2) is 0 Å². The Morgan fingerprint density at radius 2 is 2.14 bits per heavy atom. The van der Waals surface area contributed by atoms with Crippen LogP contribution in [0.25, 0.3) is 0 Å². The van der Waals surface area contributed by atoms with Gasteiger partial charge in [0, 0.05) is 19.1 Å². The first-order valence-electron chi connectivity index (χ1n) is 5.27. The van der Waals surface area contributed by atoms with E-state index < -0.39 is 9.84 Å². The first-order chi connectivity index (χ1) is 6.58. The molecule has 82 valence electrons. The van der Waals surface area contributed by atoms with Crippen molar-refractivity contribution in [2.45, 2.75) is 30.6 Å². The molecule has 2 rings (SSSR count). The zero-order valence-corrected chi connectivity index (χ0v) is 9.17. The summed E-state index contributed by atoms with van der Waals surface area (Å²) < 4.78 is 23.1. The Morgan fingerprint density at radius 3 is 2.64 bits per heavy atom. The fraction of sp³-hybridized carbons (Fsp3) is 1.00. The van der Waals surface area contributed by atoms with E-state index in [9.17, 15) is 8.42 Å². The molecule has 0 aliphatic carbocycles. The maximum atomic E-state index is 11.6. The third kappa shape index (κ3) is 2.10. The second-order valence-electron chi connectivity index (χ2n) is 4.44. The topological polar surface area (TPSA) is 63.4 Å². The zero-order valence-electron chi connectivity index (χ0n) is 8.35. The predicted molar refractivity (Wildman–Crippen MR) is 55.8 cm³/mol. The summed E-state index contributed by atoms with van der Waals surface area (Å²) in [7, 11) is -2.77. The van der Waals surface area contributed by atoms with Gasteiger partial charge in [-0.1, -0.05) is 0 Å². The molecule has 14 heavy (non-hydrogen) atoms. The minimum Gasteiger partial charge on any atom is -0.326 e. The van der Waals surface area contributed by atoms with Gasteiger partial charge in [-0.05, 0) is 25.8 Å². The molecule has 0 saturated carbocycles. The van der Waals surface area contributed by atoms with Crippen LogP contribution in [-0.4, -0.2) is 50.0 Å². The fourth-order valence-corrected chi connectivity index (χ4v) is 4.25. The van der Waals surface area contributed by atoms with Crippen LogP contribution in [-0.2, 0) is 9.84 Å². The number of hydrogen-bond donors (Lipinski definition) is 1. The van der Waals surface area contributed by atoms with Crippen molar-refractivity contribution in [3.05, 3.63) is 0 Å². The Balaban J connectivity index is 1.92. The molecule has 2 fully saturated rings. The zero-order chi connectivity index (χ0) is 10.2. The van der Waals surface area contributed by atoms with Gasteiger partial charge in [0.25, 0.3) is 0 Å². The van der Waals surface area contributed by atoms with Gasteiger partial charge in [0.1, 0.15) is 0 Å². The summed E-state index contributed by atoms with van der Waals surface area (Å²) in [6.45, 7) is 2.54. The van der Waals surface area contributed by atoms with E-state index in [2.05, 4.69) is 4.90 Å². The molecule has 0 bridgehead atoms. The van der Waals surface area contributed by atoms with Gasteiger partial charge in [-0.2, -0.15) is 0 Å². The number of nitrogens with two attached hydrogens (primary N) is 1. The van der Waals surface area contributed by atoms with Gasteiger partial charge in [-0.3, -0.25) is 0 Å². The van der Waals surface area contributed by atoms with E-state index in [4.69, 9.17) is 5.73 Å². The van der Waals surface area contributed by atoms with Crippen LogP contribution in [0.2, 0.25) is 0 Å². The predicted octanol–water partition coefficient (Wildman–Crippen LogP) is -0.403. The monoisotopic (exact) mass is 218 g/mol. The standard InChI is InChI=1S/C9H18N2O2S/c10-8-3-4-11(6-8)7-9-2-1-5-14(9,12)13/h8-9H,1-7,10H2. The second-order valence-corrected chi connectivity index (χ2v) is 6.84. The highest BCUT2D eigenvalue weighted by atomic mass is 32.2. The number of hydrogen-bond acceptors (Lipinski definition) is 4. The molecule has 0 aromatic carbocycles. The Hall–Kier alpha value is -0.130. The summed E-state index contributed by atoms with van der Waals surface area (Å²) in [4.78, 5) is 2.19. The van der Waals surface area contributed by atoms with Crippen molar-refractivity contribution >= 4 is 9.84 Å². The highest BCUT2D eigenvalue weighted by Gasteiger charge is 2.33. The molecule has 0 radical (unpaired) electrons. The summed E-state index contributed by atoms with van der Waals surface area (Å²) in [6.07, 6.45) is 2.69. The fourth-order valence-electron chi connectivity index (χ4n) is 2.38. The van der Waals surface area contributed by atoms with Crippen LogP contribution >= 0.6 is 0 Å². The van der Waals surface area contributed by atoms with E-state index >= 15 is 0 Å². The third-order valence-corrected chi connectivity index (χ3v) is 5.49. The quantitative estimate of drug-likeness (QED) is 0.685. The van der Waals surface area contributed by atoms with E-state index in [1.807, 2.05) is 0 Å². The van der Waals surface area contributed by atoms with E-state index in [0.29, 0.717) is 12.3 Å². The molecule has 2 heterocycles. The maximum absolute atomic E-state index is 11.6. The van der Waals surface area contributed by atoms with Gasteiger partial charge in [0.05, 0.1) is 11.0 Å². The lowest BCUT2D eigenvalue weighted by atomic mass is 10.2. The van der Waals surface area contributed by atoms with Gasteiger partial charge in [-0.15, -0.1) is 0 Å². The minimum atomic E-state index is -2.77. The van der Waals surface area contributed by atoms with Crippen molar-refractivity contribution in [3.8, 4) is 0 Å². The SMILES string of the molecule is NC1CCN(CC2CCCS2(=O)=O)C1. The highest BCUT2D eigenvalue weighted by molar-refractivity contribution is 7.92. The summed E-state index contributed by atoms with van der Waals surface area (Å²) in [6, 6.07) is 0.249. The third-order valence-electron chi connectivity index (χ3n) is 3.23. The number of rotatable bonds is 2. The first-order valence-corrected chi connectivity index (χ1v) is 6.99. The van der Waals surface area contributed by atoms with E-state index in [1.165, 1.54) is 0 Å². The van der Waals surface area contributed by atoms with Gasteiger partial charge in [0.15, 0.2) is 9.84 Å². The first kappa shape index (κ1) is 10.4. The number of sulfone groups is 1. The second kappa shape index (κ2) is 3.79. The molecule has 2 saturated heterocycles. The van der Waals surface area contributed by atoms with E-state index in [0.717, 1.165) is 32.4 Å². The molecule has 0 aromatic rings. The molecular weight excluding hydrogens is 200 g/mol. The normalized spacial score (nSPS) is 37.8. The molecule has 2 N–H and O–H groups in total. The van der Waals surface area contributed by atoms with Crippen molar-refractivity contribution < 1.29 is 8.42 Å². The van der Waals surface area contributed by atoms with E-state index in [1.54, 1.807) is 0 Å². The summed E-state index contributed by atoms with van der Waals surface area (Å²) >= 11 is 0. The lowest BCUT2D eigenvalue weighted by Gasteiger charge is -2.19. The molecule has 2 unspecified atom stereocenters. The van der Waals surface area contributed by atoms with Gasteiger partial charge < -0.3 is 10.6 Å². The molecule has 4 nitrogen and oxygen atoms in total. The maximum Gasteiger partial charge on any atom is 0.154 e. The molecular formula is C9H18N2O2S. The summed E-state index contributed by atoms with van der Waals surface area (Å²) in [5.41, 5.74) is 5.78. The molecule has 2 aliphatic rings. The lowest BCUT2D eigenvalue weighted by Crippen LogP contribution is -2.35. The molecule has 0 spiro atoms. The average Bonchev–Trinajstić information content (AvgIpc) is 2.61. The van der Waals surface area contributed by atoms with Gasteiger partial charge >= 0.3 is 0 Å². The van der Waals surface area contributed by atoms with E-state index in [-0.39, 0.29) is 11.3 Å². The van der Waals surface area contributed by atoms with Crippen LogP contribution in [0.1, 0.15) is 19.3 Å². The Morgan fingerprint density at radius 1 is 1.36 bits per heavy atom. The van der Waals surface area contributed by atoms with Gasteiger partial charge in [-0.25, -0.2) is 8.42 Å². The van der Waals surface area contributed by atoms with Crippen molar-refractivity contribution in [1.82, 2.24) is 4.90 Å². The number of likely N-dealkylation sites (tertiary alicyclic amines) is 1. The van der Waals surface area contributed by atoms with Crippen LogP contribution in [0.3, 0.4) is 0 Å². The molecule has 0 amide bonds. The summed E-state index contributed by atoms with van der Waals surface area (Å²) in [5, 5.41) is -0.118. The van der Waals surface area contributed by atoms with Crippen molar-refractivity contribution in [2.75, 3.05) is 25.4 Å². The largest absolute Gasteiger partial charge is 0.326 e. The minimum absolute atomic E-state index is 0.118. The average molecular weight is 218 g/mol. The van der Waals surface area contributed by atoms with Crippen molar-refractivity contribution in [2.24, 2.45) is 5.73 Å². The Bertz CT molecular complexity index is 302. The Labute approximate surface area is 85.4 Å².